The highest BCUT2D eigenvalue weighted by Crippen LogP contribution is 2.26. The topological polar surface area (TPSA) is 72.3 Å². The van der Waals surface area contributed by atoms with Gasteiger partial charge in [0.25, 0.3) is 0 Å². The first kappa shape index (κ1) is 13.9. The minimum Gasteiger partial charge on any atom is -0.481 e. The maximum atomic E-state index is 11.1. The van der Waals surface area contributed by atoms with Gasteiger partial charge in [-0.1, -0.05) is 0 Å². The van der Waals surface area contributed by atoms with Gasteiger partial charge in [-0.2, -0.15) is 0 Å². The first-order chi connectivity index (χ1) is 8.99. The summed E-state index contributed by atoms with van der Waals surface area (Å²) in [6, 6.07) is 1.92. The number of nitrogens with zero attached hydrogens (tertiary/aromatic N) is 2. The SMILES string of the molecule is CC(C)(Cc1nccc(C2CCOCC2)n1)C(=O)O. The third-order valence-electron chi connectivity index (χ3n) is 3.55. The summed E-state index contributed by atoms with van der Waals surface area (Å²) in [5.41, 5.74) is 0.170. The van der Waals surface area contributed by atoms with Crippen molar-refractivity contribution in [2.24, 2.45) is 5.41 Å². The van der Waals surface area contributed by atoms with E-state index in [2.05, 4.69) is 9.97 Å². The standard InChI is InChI=1S/C14H20N2O3/c1-14(2,13(17)18)9-12-15-6-3-11(16-12)10-4-7-19-8-5-10/h3,6,10H,4-5,7-9H2,1-2H3,(H,17,18). The van der Waals surface area contributed by atoms with E-state index in [4.69, 9.17) is 9.84 Å². The molecule has 1 aromatic rings. The fourth-order valence-corrected chi connectivity index (χ4v) is 2.19. The van der Waals surface area contributed by atoms with E-state index in [9.17, 15) is 4.79 Å². The number of hydrogen-bond donors (Lipinski definition) is 1. The first-order valence-electron chi connectivity index (χ1n) is 6.62. The third kappa shape index (κ3) is 3.50. The van der Waals surface area contributed by atoms with Crippen LogP contribution in [-0.2, 0) is 16.0 Å². The molecule has 1 aliphatic rings. The first-order valence-corrected chi connectivity index (χ1v) is 6.62. The molecule has 2 heterocycles. The number of carboxylic acids is 1. The predicted octanol–water partition coefficient (Wildman–Crippen LogP) is 2.02. The van der Waals surface area contributed by atoms with Gasteiger partial charge in [0.2, 0.25) is 0 Å². The van der Waals surface area contributed by atoms with Gasteiger partial charge in [-0.15, -0.1) is 0 Å². The van der Waals surface area contributed by atoms with Gasteiger partial charge in [-0.25, -0.2) is 9.97 Å². The molecule has 0 saturated carbocycles. The molecule has 1 saturated heterocycles. The molecule has 5 nitrogen and oxygen atoms in total. The summed E-state index contributed by atoms with van der Waals surface area (Å²) in [6.45, 7) is 4.93. The van der Waals surface area contributed by atoms with Gasteiger partial charge in [-0.05, 0) is 32.8 Å². The number of rotatable bonds is 4. The smallest absolute Gasteiger partial charge is 0.309 e. The highest BCUT2D eigenvalue weighted by Gasteiger charge is 2.29. The Kier molecular flexibility index (Phi) is 4.14. The molecule has 0 unspecified atom stereocenters. The van der Waals surface area contributed by atoms with E-state index in [0.717, 1.165) is 31.7 Å². The second-order valence-electron chi connectivity index (χ2n) is 5.65. The molecular formula is C14H20N2O3. The summed E-state index contributed by atoms with van der Waals surface area (Å²) in [7, 11) is 0. The molecule has 0 radical (unpaired) electrons. The van der Waals surface area contributed by atoms with Crippen LogP contribution in [0.4, 0.5) is 0 Å². The molecular weight excluding hydrogens is 244 g/mol. The van der Waals surface area contributed by atoms with Crippen LogP contribution in [0.3, 0.4) is 0 Å². The average Bonchev–Trinajstić information content (AvgIpc) is 2.39. The molecule has 0 spiro atoms. The molecule has 2 rings (SSSR count). The van der Waals surface area contributed by atoms with Crippen molar-refractivity contribution in [2.45, 2.75) is 39.0 Å². The van der Waals surface area contributed by atoms with Gasteiger partial charge in [0, 0.05) is 37.4 Å². The van der Waals surface area contributed by atoms with Crippen LogP contribution in [0, 0.1) is 5.41 Å². The number of aromatic nitrogens is 2. The molecule has 5 heteroatoms. The van der Waals surface area contributed by atoms with Crippen LogP contribution in [0.5, 0.6) is 0 Å². The fourth-order valence-electron chi connectivity index (χ4n) is 2.19. The second kappa shape index (κ2) is 5.65. The van der Waals surface area contributed by atoms with Gasteiger partial charge in [0.15, 0.2) is 0 Å². The van der Waals surface area contributed by atoms with E-state index in [-0.39, 0.29) is 0 Å². The summed E-state index contributed by atoms with van der Waals surface area (Å²) in [4.78, 5) is 19.9. The zero-order valence-electron chi connectivity index (χ0n) is 11.4. The van der Waals surface area contributed by atoms with Gasteiger partial charge in [0.05, 0.1) is 5.41 Å². The van der Waals surface area contributed by atoms with Crippen LogP contribution in [0.25, 0.3) is 0 Å². The molecule has 0 atom stereocenters. The number of aliphatic carboxylic acids is 1. The molecule has 1 aliphatic heterocycles. The molecule has 0 aromatic carbocycles. The Labute approximate surface area is 113 Å². The lowest BCUT2D eigenvalue weighted by Gasteiger charge is -2.22. The maximum absolute atomic E-state index is 11.1. The number of hydrogen-bond acceptors (Lipinski definition) is 4. The van der Waals surface area contributed by atoms with Crippen molar-refractivity contribution >= 4 is 5.97 Å². The fraction of sp³-hybridized carbons (Fsp3) is 0.643. The Bertz CT molecular complexity index is 454. The third-order valence-corrected chi connectivity index (χ3v) is 3.55. The summed E-state index contributed by atoms with van der Waals surface area (Å²) in [5.74, 6) is 0.187. The predicted molar refractivity (Wildman–Crippen MR) is 69.9 cm³/mol. The van der Waals surface area contributed by atoms with Gasteiger partial charge in [-0.3, -0.25) is 4.79 Å². The van der Waals surface area contributed by atoms with Gasteiger partial charge >= 0.3 is 5.97 Å². The Balaban J connectivity index is 2.12. The zero-order chi connectivity index (χ0) is 13.9. The molecule has 1 aromatic heterocycles. The van der Waals surface area contributed by atoms with Crippen LogP contribution in [-0.4, -0.2) is 34.3 Å². The lowest BCUT2D eigenvalue weighted by atomic mass is 9.89. The average molecular weight is 264 g/mol. The van der Waals surface area contributed by atoms with E-state index in [0.29, 0.717) is 18.2 Å². The monoisotopic (exact) mass is 264 g/mol. The van der Waals surface area contributed by atoms with E-state index in [1.54, 1.807) is 20.0 Å². The van der Waals surface area contributed by atoms with E-state index >= 15 is 0 Å². The van der Waals surface area contributed by atoms with Crippen molar-refractivity contribution in [3.8, 4) is 0 Å². The van der Waals surface area contributed by atoms with E-state index in [1.807, 2.05) is 6.07 Å². The van der Waals surface area contributed by atoms with Crippen LogP contribution in [0.15, 0.2) is 12.3 Å². The van der Waals surface area contributed by atoms with Gasteiger partial charge < -0.3 is 9.84 Å². The molecule has 0 aliphatic carbocycles. The molecule has 1 fully saturated rings. The summed E-state index contributed by atoms with van der Waals surface area (Å²) in [6.07, 6.45) is 4.02. The highest BCUT2D eigenvalue weighted by atomic mass is 16.5. The molecule has 0 amide bonds. The number of carbonyl (C=O) groups is 1. The van der Waals surface area contributed by atoms with E-state index < -0.39 is 11.4 Å². The lowest BCUT2D eigenvalue weighted by molar-refractivity contribution is -0.146. The molecule has 0 bridgehead atoms. The van der Waals surface area contributed by atoms with Crippen LogP contribution in [0.2, 0.25) is 0 Å². The van der Waals surface area contributed by atoms with Crippen molar-refractivity contribution in [3.05, 3.63) is 23.8 Å². The van der Waals surface area contributed by atoms with Gasteiger partial charge in [0.1, 0.15) is 5.82 Å². The summed E-state index contributed by atoms with van der Waals surface area (Å²) < 4.78 is 5.34. The molecule has 1 N–H and O–H groups in total. The minimum absolute atomic E-state index is 0.347. The number of ether oxygens (including phenoxy) is 1. The van der Waals surface area contributed by atoms with Crippen LogP contribution >= 0.6 is 0 Å². The van der Waals surface area contributed by atoms with Crippen molar-refractivity contribution < 1.29 is 14.6 Å². The summed E-state index contributed by atoms with van der Waals surface area (Å²) in [5, 5.41) is 9.15. The lowest BCUT2D eigenvalue weighted by Crippen LogP contribution is -2.27. The minimum atomic E-state index is -0.839. The highest BCUT2D eigenvalue weighted by molar-refractivity contribution is 5.73. The summed E-state index contributed by atoms with van der Waals surface area (Å²) >= 11 is 0. The Morgan fingerprint density at radius 1 is 1.47 bits per heavy atom. The Hall–Kier alpha value is -1.49. The number of carboxylic acid groups (broad SMARTS) is 1. The Morgan fingerprint density at radius 2 is 2.16 bits per heavy atom. The van der Waals surface area contributed by atoms with Crippen molar-refractivity contribution in [1.29, 1.82) is 0 Å². The van der Waals surface area contributed by atoms with E-state index in [1.165, 1.54) is 0 Å². The van der Waals surface area contributed by atoms with Crippen LogP contribution < -0.4 is 0 Å². The van der Waals surface area contributed by atoms with Crippen molar-refractivity contribution in [3.63, 3.8) is 0 Å². The van der Waals surface area contributed by atoms with Crippen molar-refractivity contribution in [1.82, 2.24) is 9.97 Å². The Morgan fingerprint density at radius 3 is 2.79 bits per heavy atom. The molecule has 19 heavy (non-hydrogen) atoms. The maximum Gasteiger partial charge on any atom is 0.309 e. The van der Waals surface area contributed by atoms with Crippen LogP contribution in [0.1, 0.15) is 44.1 Å². The zero-order valence-corrected chi connectivity index (χ0v) is 11.4. The second-order valence-corrected chi connectivity index (χ2v) is 5.65. The van der Waals surface area contributed by atoms with Crippen molar-refractivity contribution in [2.75, 3.05) is 13.2 Å². The normalized spacial score (nSPS) is 17.4. The molecule has 104 valence electrons. The quantitative estimate of drug-likeness (QED) is 0.900. The largest absolute Gasteiger partial charge is 0.481 e.